The Labute approximate surface area is 166 Å². The highest BCUT2D eigenvalue weighted by molar-refractivity contribution is 6.00. The molecule has 5 nitrogen and oxygen atoms in total. The number of ether oxygens (including phenoxy) is 1. The summed E-state index contributed by atoms with van der Waals surface area (Å²) in [6, 6.07) is 20.7. The summed E-state index contributed by atoms with van der Waals surface area (Å²) in [5, 5.41) is 7.57. The first-order chi connectivity index (χ1) is 13.7. The van der Waals surface area contributed by atoms with Crippen LogP contribution in [0, 0.1) is 12.3 Å². The van der Waals surface area contributed by atoms with Gasteiger partial charge in [-0.05, 0) is 43.5 Å². The Kier molecular flexibility index (Phi) is 9.38. The molecule has 0 saturated carbocycles. The Bertz CT molecular complexity index is 764. The van der Waals surface area contributed by atoms with Crippen LogP contribution >= 0.6 is 0 Å². The fourth-order valence-electron chi connectivity index (χ4n) is 2.73. The lowest BCUT2D eigenvalue weighted by atomic mass is 10.1. The van der Waals surface area contributed by atoms with Gasteiger partial charge in [0, 0.05) is 37.2 Å². The van der Waals surface area contributed by atoms with E-state index in [0.29, 0.717) is 18.8 Å². The fraction of sp³-hybridized carbons (Fsp3) is 0.261. The summed E-state index contributed by atoms with van der Waals surface area (Å²) < 4.78 is 5.32. The molecule has 1 aromatic heterocycles. The van der Waals surface area contributed by atoms with E-state index >= 15 is 0 Å². The van der Waals surface area contributed by atoms with Crippen molar-refractivity contribution in [3.05, 3.63) is 90.3 Å². The van der Waals surface area contributed by atoms with E-state index in [4.69, 9.17) is 10.1 Å². The zero-order valence-corrected chi connectivity index (χ0v) is 16.2. The molecule has 1 fully saturated rings. The number of hydrogen-bond donors (Lipinski definition) is 1. The Balaban J connectivity index is 0.000000336. The van der Waals surface area contributed by atoms with Gasteiger partial charge in [0.1, 0.15) is 0 Å². The van der Waals surface area contributed by atoms with E-state index in [9.17, 15) is 4.79 Å². The Morgan fingerprint density at radius 2 is 1.64 bits per heavy atom. The maximum Gasteiger partial charge on any atom is 0.259 e. The van der Waals surface area contributed by atoms with E-state index in [1.54, 1.807) is 18.3 Å². The first-order valence-corrected chi connectivity index (χ1v) is 9.38. The number of nitrogens with one attached hydrogen (secondary N) is 1. The van der Waals surface area contributed by atoms with Gasteiger partial charge < -0.3 is 4.74 Å². The van der Waals surface area contributed by atoms with Crippen LogP contribution in [0.2, 0.25) is 0 Å². The molecule has 0 bridgehead atoms. The fourth-order valence-corrected chi connectivity index (χ4v) is 2.73. The van der Waals surface area contributed by atoms with Gasteiger partial charge >= 0.3 is 0 Å². The van der Waals surface area contributed by atoms with Crippen molar-refractivity contribution in [3.8, 4) is 0 Å². The molecule has 0 radical (unpaired) electrons. The Morgan fingerprint density at radius 1 is 1.04 bits per heavy atom. The number of rotatable bonds is 3. The molecule has 5 heteroatoms. The van der Waals surface area contributed by atoms with Crippen LogP contribution in [0.15, 0.2) is 79.1 Å². The smallest absolute Gasteiger partial charge is 0.259 e. The average Bonchev–Trinajstić information content (AvgIpc) is 2.74. The van der Waals surface area contributed by atoms with Crippen LogP contribution in [0.1, 0.15) is 28.8 Å². The SMILES string of the molecule is Cc1cccnc1.N=CN(C(=O)c1ccccccccc1)C1CCOCC1. The summed E-state index contributed by atoms with van der Waals surface area (Å²) in [5.74, 6) is -0.143. The minimum absolute atomic E-state index is 0.0490. The molecule has 1 aliphatic rings. The summed E-state index contributed by atoms with van der Waals surface area (Å²) in [6.07, 6.45) is 6.28. The van der Waals surface area contributed by atoms with Crippen molar-refractivity contribution < 1.29 is 9.53 Å². The maximum absolute atomic E-state index is 12.6. The Morgan fingerprint density at radius 3 is 2.11 bits per heavy atom. The third-order valence-electron chi connectivity index (χ3n) is 4.23. The highest BCUT2D eigenvalue weighted by atomic mass is 16.5. The molecule has 0 spiro atoms. The lowest BCUT2D eigenvalue weighted by molar-refractivity contribution is 0.0475. The van der Waals surface area contributed by atoms with E-state index in [1.807, 2.05) is 67.7 Å². The minimum atomic E-state index is -0.143. The predicted octanol–water partition coefficient (Wildman–Crippen LogP) is 4.43. The third-order valence-corrected chi connectivity index (χ3v) is 4.23. The molecule has 2 heterocycles. The molecule has 3 rings (SSSR count). The van der Waals surface area contributed by atoms with Crippen LogP contribution in [0.25, 0.3) is 0 Å². The van der Waals surface area contributed by atoms with Crippen molar-refractivity contribution in [2.75, 3.05) is 13.2 Å². The number of amides is 1. The zero-order chi connectivity index (χ0) is 20.0. The molecule has 28 heavy (non-hydrogen) atoms. The maximum atomic E-state index is 12.6. The lowest BCUT2D eigenvalue weighted by Crippen LogP contribution is -2.42. The number of carbonyl (C=O) groups is 1. The molecular formula is C23H27N3O2. The molecule has 0 atom stereocenters. The summed E-state index contributed by atoms with van der Waals surface area (Å²) >= 11 is 0. The Hall–Kier alpha value is -3.05. The molecule has 1 aromatic carbocycles. The van der Waals surface area contributed by atoms with Crippen molar-refractivity contribution in [2.24, 2.45) is 0 Å². The molecule has 2 aromatic rings. The topological polar surface area (TPSA) is 66.3 Å². The highest BCUT2D eigenvalue weighted by Crippen LogP contribution is 2.15. The second-order valence-electron chi connectivity index (χ2n) is 6.35. The predicted molar refractivity (Wildman–Crippen MR) is 112 cm³/mol. The number of carbonyl (C=O) groups excluding carboxylic acids is 1. The van der Waals surface area contributed by atoms with Crippen molar-refractivity contribution in [3.63, 3.8) is 0 Å². The second-order valence-corrected chi connectivity index (χ2v) is 6.35. The highest BCUT2D eigenvalue weighted by Gasteiger charge is 2.24. The van der Waals surface area contributed by atoms with E-state index < -0.39 is 0 Å². The van der Waals surface area contributed by atoms with Crippen LogP contribution in [-0.2, 0) is 4.74 Å². The minimum Gasteiger partial charge on any atom is -0.381 e. The monoisotopic (exact) mass is 377 g/mol. The van der Waals surface area contributed by atoms with E-state index in [-0.39, 0.29) is 11.9 Å². The number of hydrogen-bond acceptors (Lipinski definition) is 4. The average molecular weight is 377 g/mol. The molecule has 1 amide bonds. The number of nitrogens with zero attached hydrogens (tertiary/aromatic N) is 2. The van der Waals surface area contributed by atoms with E-state index in [2.05, 4.69) is 4.98 Å². The van der Waals surface area contributed by atoms with Gasteiger partial charge in [-0.1, -0.05) is 48.5 Å². The number of aryl methyl sites for hydroxylation is 1. The van der Waals surface area contributed by atoms with Crippen LogP contribution in [0.5, 0.6) is 0 Å². The first-order valence-electron chi connectivity index (χ1n) is 9.38. The van der Waals surface area contributed by atoms with E-state index in [1.165, 1.54) is 10.5 Å². The summed E-state index contributed by atoms with van der Waals surface area (Å²) in [7, 11) is 0. The van der Waals surface area contributed by atoms with Gasteiger partial charge in [-0.15, -0.1) is 0 Å². The van der Waals surface area contributed by atoms with Crippen LogP contribution in [0.3, 0.4) is 0 Å². The van der Waals surface area contributed by atoms with Gasteiger partial charge in [0.25, 0.3) is 5.91 Å². The van der Waals surface area contributed by atoms with Gasteiger partial charge in [0.15, 0.2) is 0 Å². The van der Waals surface area contributed by atoms with Gasteiger partial charge in [-0.3, -0.25) is 20.1 Å². The second kappa shape index (κ2) is 12.4. The molecule has 0 unspecified atom stereocenters. The molecule has 146 valence electrons. The summed E-state index contributed by atoms with van der Waals surface area (Å²) in [6.45, 7) is 3.31. The van der Waals surface area contributed by atoms with Crippen molar-refractivity contribution in [2.45, 2.75) is 25.8 Å². The summed E-state index contributed by atoms with van der Waals surface area (Å²) in [5.41, 5.74) is 1.78. The molecule has 1 N–H and O–H groups in total. The van der Waals surface area contributed by atoms with Gasteiger partial charge in [-0.2, -0.15) is 0 Å². The zero-order valence-electron chi connectivity index (χ0n) is 16.2. The van der Waals surface area contributed by atoms with Crippen LogP contribution in [0.4, 0.5) is 0 Å². The third kappa shape index (κ3) is 7.29. The van der Waals surface area contributed by atoms with Crippen LogP contribution in [-0.4, -0.2) is 41.4 Å². The van der Waals surface area contributed by atoms with Gasteiger partial charge in [0.05, 0.1) is 6.34 Å². The molecule has 1 aliphatic heterocycles. The number of aromatic nitrogens is 1. The van der Waals surface area contributed by atoms with Crippen molar-refractivity contribution in [1.29, 1.82) is 5.41 Å². The molecular weight excluding hydrogens is 350 g/mol. The number of pyridine rings is 1. The van der Waals surface area contributed by atoms with Gasteiger partial charge in [-0.25, -0.2) is 0 Å². The summed E-state index contributed by atoms with van der Waals surface area (Å²) in [4.78, 5) is 18.0. The van der Waals surface area contributed by atoms with Crippen molar-refractivity contribution in [1.82, 2.24) is 9.88 Å². The lowest BCUT2D eigenvalue weighted by Gasteiger charge is -2.30. The van der Waals surface area contributed by atoms with Crippen molar-refractivity contribution >= 4 is 12.2 Å². The van der Waals surface area contributed by atoms with Gasteiger partial charge in [0.2, 0.25) is 0 Å². The standard InChI is InChI=1S/C17H20N2O2.C6H7N/c18-14-19(16-10-12-21-13-11-16)17(20)15-8-6-4-2-1-3-5-7-9-15;1-6-3-2-4-7-5-6/h1-9,14,16,18H,10-13H2;2-5H,1H3. The molecule has 1 saturated heterocycles. The first kappa shape index (κ1) is 21.3. The quantitative estimate of drug-likeness (QED) is 0.636. The largest absolute Gasteiger partial charge is 0.381 e. The molecule has 0 aliphatic carbocycles. The van der Waals surface area contributed by atoms with Crippen LogP contribution < -0.4 is 0 Å². The van der Waals surface area contributed by atoms with E-state index in [0.717, 1.165) is 19.2 Å². The normalized spacial score (nSPS) is 13.3.